The van der Waals surface area contributed by atoms with E-state index in [0.29, 0.717) is 0 Å². The van der Waals surface area contributed by atoms with Crippen LogP contribution in [0.5, 0.6) is 0 Å². The van der Waals surface area contributed by atoms with E-state index in [0.717, 1.165) is 6.47 Å². The van der Waals surface area contributed by atoms with Gasteiger partial charge < -0.3 is 4.74 Å². The molecule has 1 aromatic rings. The van der Waals surface area contributed by atoms with Crippen LogP contribution in [-0.2, 0) is 14.3 Å². The summed E-state index contributed by atoms with van der Waals surface area (Å²) in [6.07, 6.45) is 1.54. The van der Waals surface area contributed by atoms with Crippen molar-refractivity contribution >= 4 is 30.3 Å². The molecule has 0 saturated heterocycles. The molecule has 0 unspecified atom stereocenters. The molecule has 0 aliphatic carbocycles. The molecule has 5 heteroatoms. The monoisotopic (exact) mass is 210 g/mol. The van der Waals surface area contributed by atoms with Gasteiger partial charge in [-0.2, -0.15) is 0 Å². The lowest BCUT2D eigenvalue weighted by Crippen LogP contribution is -2.05. The summed E-state index contributed by atoms with van der Waals surface area (Å²) in [5.41, 5.74) is -0.0390. The predicted molar refractivity (Wildman–Crippen MR) is 47.4 cm³/mol. The first-order chi connectivity index (χ1) is 6.70. The minimum atomic E-state index is -0.956. The predicted octanol–water partition coefficient (Wildman–Crippen LogP) is 1.02. The highest BCUT2D eigenvalue weighted by Gasteiger charge is 2.14. The summed E-state index contributed by atoms with van der Waals surface area (Å²) in [7, 11) is 0. The molecule has 1 aromatic carbocycles. The van der Waals surface area contributed by atoms with Gasteiger partial charge in [0.1, 0.15) is 0 Å². The molecule has 0 fully saturated rings. The van der Waals surface area contributed by atoms with Crippen LogP contribution in [0.4, 0.5) is 0 Å². The lowest BCUT2D eigenvalue weighted by atomic mass is 10.1. The molecular weight excluding hydrogens is 208 g/mol. The number of esters is 1. The van der Waals surface area contributed by atoms with Crippen molar-refractivity contribution in [3.05, 3.63) is 34.3 Å². The zero-order valence-corrected chi connectivity index (χ0v) is 7.50. The Morgan fingerprint density at radius 2 is 2.07 bits per heavy atom. The molecule has 0 heterocycles. The minimum Gasteiger partial charge on any atom is -0.381 e. The van der Waals surface area contributed by atoms with Gasteiger partial charge in [0.25, 0.3) is 0 Å². The van der Waals surface area contributed by atoms with Crippen molar-refractivity contribution in [2.75, 3.05) is 0 Å². The van der Waals surface area contributed by atoms with E-state index in [1.165, 1.54) is 18.2 Å². The second kappa shape index (κ2) is 4.53. The van der Waals surface area contributed by atoms with Crippen molar-refractivity contribution < 1.29 is 19.1 Å². The van der Waals surface area contributed by atoms with Crippen molar-refractivity contribution in [1.82, 2.24) is 0 Å². The van der Waals surface area contributed by atoms with E-state index >= 15 is 0 Å². The fourth-order valence-corrected chi connectivity index (χ4v) is 1.10. The van der Waals surface area contributed by atoms with Gasteiger partial charge in [0.15, 0.2) is 0 Å². The summed E-state index contributed by atoms with van der Waals surface area (Å²) < 4.78 is 3.95. The van der Waals surface area contributed by atoms with Gasteiger partial charge in [-0.1, -0.05) is 17.7 Å². The molecule has 0 aromatic heterocycles. The van der Waals surface area contributed by atoms with Crippen LogP contribution in [0.3, 0.4) is 0 Å². The van der Waals surface area contributed by atoms with E-state index in [4.69, 9.17) is 11.6 Å². The third-order valence-corrected chi connectivity index (χ3v) is 1.87. The van der Waals surface area contributed by atoms with Gasteiger partial charge in [0.2, 0.25) is 6.29 Å². The van der Waals surface area contributed by atoms with E-state index in [-0.39, 0.29) is 16.1 Å². The van der Waals surface area contributed by atoms with E-state index in [9.17, 15) is 14.4 Å². The normalized spacial score (nSPS) is 9.21. The molecule has 1 rings (SSSR count). The smallest absolute Gasteiger partial charge is 0.381 e. The quantitative estimate of drug-likeness (QED) is 0.552. The molecule has 0 amide bonds. The van der Waals surface area contributed by atoms with Gasteiger partial charge in [-0.3, -0.25) is 4.79 Å². The van der Waals surface area contributed by atoms with Crippen molar-refractivity contribution in [2.45, 2.75) is 0 Å². The highest BCUT2D eigenvalue weighted by molar-refractivity contribution is 6.36. The molecule has 0 spiro atoms. The fourth-order valence-electron chi connectivity index (χ4n) is 0.861. The Balaban J connectivity index is 3.15. The van der Waals surface area contributed by atoms with Gasteiger partial charge in [0, 0.05) is 5.56 Å². The Bertz CT molecular complexity index is 386. The zero-order chi connectivity index (χ0) is 10.6. The lowest BCUT2D eigenvalue weighted by molar-refractivity contribution is 0.0710. The van der Waals surface area contributed by atoms with Crippen molar-refractivity contribution in [1.29, 1.82) is 0 Å². The standard InChI is InChI=1S/C9H3ClO4/c10-8-6(4-11)2-1-3-7(8)9(13)14-5-12/h1-3H. The van der Waals surface area contributed by atoms with Gasteiger partial charge in [-0.25, -0.2) is 9.59 Å². The third-order valence-electron chi connectivity index (χ3n) is 1.46. The van der Waals surface area contributed by atoms with Gasteiger partial charge in [-0.05, 0) is 12.1 Å². The first kappa shape index (κ1) is 10.4. The second-order valence-corrected chi connectivity index (χ2v) is 2.62. The first-order valence-corrected chi connectivity index (χ1v) is 3.83. The summed E-state index contributed by atoms with van der Waals surface area (Å²) in [6, 6.07) is 4.13. The maximum atomic E-state index is 11.0. The van der Waals surface area contributed by atoms with Crippen LogP contribution in [0, 0.1) is 0 Å². The van der Waals surface area contributed by atoms with Gasteiger partial charge in [-0.15, -0.1) is 0 Å². The molecular formula is C9H3ClO4. The number of benzene rings is 1. The Kier molecular flexibility index (Phi) is 3.36. The molecule has 0 aliphatic rings. The number of halogens is 1. The average Bonchev–Trinajstić information content (AvgIpc) is 2.18. The topological polar surface area (TPSA) is 60.4 Å². The summed E-state index contributed by atoms with van der Waals surface area (Å²) in [5, 5.41) is -0.0947. The second-order valence-electron chi connectivity index (χ2n) is 2.24. The lowest BCUT2D eigenvalue weighted by Gasteiger charge is -2.01. The van der Waals surface area contributed by atoms with E-state index < -0.39 is 5.97 Å². The van der Waals surface area contributed by atoms with Crippen LogP contribution >= 0.6 is 11.6 Å². The maximum absolute atomic E-state index is 11.0. The van der Waals surface area contributed by atoms with Crippen LogP contribution in [-0.4, -0.2) is 18.7 Å². The van der Waals surface area contributed by atoms with Gasteiger partial charge in [0.05, 0.1) is 10.6 Å². The van der Waals surface area contributed by atoms with Crippen LogP contribution in [0.25, 0.3) is 0 Å². The summed E-state index contributed by atoms with van der Waals surface area (Å²) in [5.74, 6) is -0.956. The molecule has 0 saturated carbocycles. The van der Waals surface area contributed by atoms with Crippen molar-refractivity contribution in [3.8, 4) is 0 Å². The minimum absolute atomic E-state index is 0.0343. The van der Waals surface area contributed by atoms with E-state index in [1.54, 1.807) is 6.29 Å². The SMILES string of the molecule is O=[C]OC(=O)c1cccc([C]=O)c1Cl. The summed E-state index contributed by atoms with van der Waals surface area (Å²) in [4.78, 5) is 31.1. The first-order valence-electron chi connectivity index (χ1n) is 3.45. The van der Waals surface area contributed by atoms with Crippen LogP contribution < -0.4 is 0 Å². The largest absolute Gasteiger partial charge is 0.425 e. The number of carbonyl (C=O) groups is 1. The number of carbonyl (C=O) groups excluding carboxylic acids is 3. The highest BCUT2D eigenvalue weighted by atomic mass is 35.5. The Hall–Kier alpha value is -1.68. The number of rotatable bonds is 3. The average molecular weight is 211 g/mol. The highest BCUT2D eigenvalue weighted by Crippen LogP contribution is 2.20. The molecule has 70 valence electrons. The molecule has 0 atom stereocenters. The Morgan fingerprint density at radius 1 is 1.36 bits per heavy atom. The summed E-state index contributed by atoms with van der Waals surface area (Å²) in [6.45, 7) is 0.974. The van der Waals surface area contributed by atoms with Crippen LogP contribution in [0.2, 0.25) is 5.02 Å². The summed E-state index contributed by atoms with van der Waals surface area (Å²) >= 11 is 5.65. The van der Waals surface area contributed by atoms with Crippen LogP contribution in [0.15, 0.2) is 18.2 Å². The van der Waals surface area contributed by atoms with E-state index in [2.05, 4.69) is 4.74 Å². The molecule has 14 heavy (non-hydrogen) atoms. The van der Waals surface area contributed by atoms with Crippen LogP contribution in [0.1, 0.15) is 15.9 Å². The molecule has 0 aliphatic heterocycles. The third kappa shape index (κ3) is 1.97. The molecule has 0 bridgehead atoms. The van der Waals surface area contributed by atoms with E-state index in [1.807, 2.05) is 0 Å². The number of hydrogen-bond donors (Lipinski definition) is 0. The maximum Gasteiger partial charge on any atom is 0.425 e. The number of hydrogen-bond acceptors (Lipinski definition) is 4. The number of ether oxygens (including phenoxy) is 1. The molecule has 4 nitrogen and oxygen atoms in total. The Morgan fingerprint density at radius 3 is 2.64 bits per heavy atom. The van der Waals surface area contributed by atoms with Gasteiger partial charge >= 0.3 is 12.4 Å². The molecule has 2 radical (unpaired) electrons. The zero-order valence-electron chi connectivity index (χ0n) is 6.74. The van der Waals surface area contributed by atoms with Crippen molar-refractivity contribution in [3.63, 3.8) is 0 Å². The molecule has 0 N–H and O–H groups in total. The van der Waals surface area contributed by atoms with Crippen molar-refractivity contribution in [2.24, 2.45) is 0 Å². The fraction of sp³-hybridized carbons (Fsp3) is 0. The Labute approximate surface area is 84.4 Å².